The number of likely N-dealkylation sites (tertiary alicyclic amines) is 1. The summed E-state index contributed by atoms with van der Waals surface area (Å²) in [7, 11) is 0. The number of benzene rings is 1. The molecule has 126 valence electrons. The summed E-state index contributed by atoms with van der Waals surface area (Å²) < 4.78 is 5.86. The van der Waals surface area contributed by atoms with Crippen LogP contribution in [0.2, 0.25) is 0 Å². The van der Waals surface area contributed by atoms with Crippen molar-refractivity contribution in [2.45, 2.75) is 52.7 Å². The van der Waals surface area contributed by atoms with E-state index in [1.54, 1.807) is 0 Å². The Kier molecular flexibility index (Phi) is 4.62. The highest BCUT2D eigenvalue weighted by molar-refractivity contribution is 5.82. The number of nitrogens with one attached hydrogen (secondary N) is 1. The van der Waals surface area contributed by atoms with Crippen LogP contribution in [0.15, 0.2) is 12.1 Å². The van der Waals surface area contributed by atoms with Crippen molar-refractivity contribution in [3.63, 3.8) is 0 Å². The Hall–Kier alpha value is -1.55. The van der Waals surface area contributed by atoms with Gasteiger partial charge in [0.1, 0.15) is 5.75 Å². The monoisotopic (exact) mass is 316 g/mol. The van der Waals surface area contributed by atoms with Gasteiger partial charge in [-0.2, -0.15) is 0 Å². The Morgan fingerprint density at radius 2 is 2.09 bits per heavy atom. The molecule has 0 spiro atoms. The third-order valence-corrected chi connectivity index (χ3v) is 5.26. The number of carbonyl (C=O) groups is 1. The third kappa shape index (κ3) is 3.52. The van der Waals surface area contributed by atoms with Crippen LogP contribution in [0.25, 0.3) is 0 Å². The van der Waals surface area contributed by atoms with Crippen LogP contribution in [0.1, 0.15) is 37.0 Å². The number of aryl methyl sites for hydroxylation is 2. The molecule has 0 saturated carbocycles. The lowest BCUT2D eigenvalue weighted by molar-refractivity contribution is -0.127. The van der Waals surface area contributed by atoms with E-state index in [1.807, 2.05) is 0 Å². The second-order valence-corrected chi connectivity index (χ2v) is 7.34. The van der Waals surface area contributed by atoms with E-state index in [9.17, 15) is 4.79 Å². The van der Waals surface area contributed by atoms with E-state index in [4.69, 9.17) is 4.74 Å². The van der Waals surface area contributed by atoms with Gasteiger partial charge in [-0.15, -0.1) is 0 Å². The third-order valence-electron chi connectivity index (χ3n) is 5.26. The van der Waals surface area contributed by atoms with Gasteiger partial charge < -0.3 is 15.0 Å². The molecule has 0 aliphatic carbocycles. The highest BCUT2D eigenvalue weighted by Gasteiger charge is 2.31. The molecule has 1 aromatic carbocycles. The maximum Gasteiger partial charge on any atom is 0.261 e. The molecule has 4 heteroatoms. The van der Waals surface area contributed by atoms with Gasteiger partial charge in [-0.1, -0.05) is 6.07 Å². The number of hydrogen-bond acceptors (Lipinski definition) is 3. The highest BCUT2D eigenvalue weighted by Crippen LogP contribution is 2.31. The minimum atomic E-state index is -0.367. The van der Waals surface area contributed by atoms with Crippen molar-refractivity contribution in [1.29, 1.82) is 0 Å². The number of nitrogens with zero attached hydrogens (tertiary/aromatic N) is 1. The number of ether oxygens (including phenoxy) is 1. The van der Waals surface area contributed by atoms with Gasteiger partial charge in [0.2, 0.25) is 0 Å². The van der Waals surface area contributed by atoms with Crippen molar-refractivity contribution in [2.24, 2.45) is 5.92 Å². The summed E-state index contributed by atoms with van der Waals surface area (Å²) >= 11 is 0. The quantitative estimate of drug-likeness (QED) is 0.928. The van der Waals surface area contributed by atoms with Crippen LogP contribution in [0.4, 0.5) is 0 Å². The molecular weight excluding hydrogens is 288 g/mol. The van der Waals surface area contributed by atoms with E-state index in [-0.39, 0.29) is 12.0 Å². The second kappa shape index (κ2) is 6.52. The Morgan fingerprint density at radius 3 is 2.78 bits per heavy atom. The van der Waals surface area contributed by atoms with E-state index >= 15 is 0 Å². The van der Waals surface area contributed by atoms with Gasteiger partial charge in [0, 0.05) is 25.6 Å². The van der Waals surface area contributed by atoms with Crippen molar-refractivity contribution in [2.75, 3.05) is 19.6 Å². The molecule has 0 bridgehead atoms. The Balaban J connectivity index is 1.51. The maximum absolute atomic E-state index is 12.4. The van der Waals surface area contributed by atoms with Gasteiger partial charge in [-0.25, -0.2) is 0 Å². The van der Waals surface area contributed by atoms with Crippen LogP contribution in [-0.2, 0) is 11.2 Å². The molecule has 3 rings (SSSR count). The molecule has 2 unspecified atom stereocenters. The molecule has 1 amide bonds. The normalized spacial score (nSPS) is 23.9. The Labute approximate surface area is 139 Å². The van der Waals surface area contributed by atoms with Crippen LogP contribution in [0.3, 0.4) is 0 Å². The lowest BCUT2D eigenvalue weighted by Crippen LogP contribution is -2.40. The largest absolute Gasteiger partial charge is 0.480 e. The fourth-order valence-corrected chi connectivity index (χ4v) is 3.52. The molecule has 0 radical (unpaired) electrons. The molecule has 1 aromatic rings. The average Bonchev–Trinajstić information content (AvgIpc) is 3.12. The van der Waals surface area contributed by atoms with Crippen molar-refractivity contribution in [3.05, 3.63) is 28.8 Å². The molecule has 1 N–H and O–H groups in total. The SMILES string of the molecule is Cc1cc2c(cc1C)OC(C(=O)NCC1CCN(C(C)C)C1)C2. The first-order valence-corrected chi connectivity index (χ1v) is 8.72. The predicted molar refractivity (Wildman–Crippen MR) is 91.9 cm³/mol. The van der Waals surface area contributed by atoms with Crippen LogP contribution >= 0.6 is 0 Å². The number of hydrogen-bond donors (Lipinski definition) is 1. The number of rotatable bonds is 4. The molecule has 2 atom stereocenters. The fraction of sp³-hybridized carbons (Fsp3) is 0.632. The Morgan fingerprint density at radius 1 is 1.35 bits per heavy atom. The van der Waals surface area contributed by atoms with Gasteiger partial charge in [0.05, 0.1) is 0 Å². The highest BCUT2D eigenvalue weighted by atomic mass is 16.5. The predicted octanol–water partition coefficient (Wildman–Crippen LogP) is 2.45. The second-order valence-electron chi connectivity index (χ2n) is 7.34. The lowest BCUT2D eigenvalue weighted by atomic mass is 10.0. The zero-order valence-corrected chi connectivity index (χ0v) is 14.7. The first kappa shape index (κ1) is 16.3. The summed E-state index contributed by atoms with van der Waals surface area (Å²) in [5.41, 5.74) is 3.62. The van der Waals surface area contributed by atoms with Crippen LogP contribution in [-0.4, -0.2) is 42.6 Å². The van der Waals surface area contributed by atoms with Gasteiger partial charge >= 0.3 is 0 Å². The minimum absolute atomic E-state index is 0.0273. The first-order valence-electron chi connectivity index (χ1n) is 8.72. The molecule has 2 aliphatic heterocycles. The summed E-state index contributed by atoms with van der Waals surface area (Å²) in [4.78, 5) is 14.9. The summed E-state index contributed by atoms with van der Waals surface area (Å²) in [5.74, 6) is 1.47. The van der Waals surface area contributed by atoms with Crippen molar-refractivity contribution in [3.8, 4) is 5.75 Å². The molecule has 2 heterocycles. The topological polar surface area (TPSA) is 41.6 Å². The number of carbonyl (C=O) groups excluding carboxylic acids is 1. The number of amides is 1. The molecule has 2 aliphatic rings. The smallest absolute Gasteiger partial charge is 0.261 e. The van der Waals surface area contributed by atoms with Gasteiger partial charge in [0.15, 0.2) is 6.10 Å². The number of fused-ring (bicyclic) bond motifs is 1. The van der Waals surface area contributed by atoms with E-state index in [0.717, 1.165) is 30.9 Å². The van der Waals surface area contributed by atoms with E-state index in [0.29, 0.717) is 18.4 Å². The molecule has 23 heavy (non-hydrogen) atoms. The summed E-state index contributed by atoms with van der Waals surface area (Å²) in [6.07, 6.45) is 1.49. The average molecular weight is 316 g/mol. The summed E-state index contributed by atoms with van der Waals surface area (Å²) in [6, 6.07) is 4.79. The lowest BCUT2D eigenvalue weighted by Gasteiger charge is -2.20. The van der Waals surface area contributed by atoms with Crippen molar-refractivity contribution in [1.82, 2.24) is 10.2 Å². The van der Waals surface area contributed by atoms with Crippen molar-refractivity contribution >= 4 is 5.91 Å². The minimum Gasteiger partial charge on any atom is -0.480 e. The molecule has 1 fully saturated rings. The Bertz CT molecular complexity index is 566. The standard InChI is InChI=1S/C19H28N2O2/c1-12(2)21-6-5-15(11-21)10-20-19(22)18-9-16-7-13(3)14(4)8-17(16)23-18/h7-8,12,15,18H,5-6,9-11H2,1-4H3,(H,20,22). The summed E-state index contributed by atoms with van der Waals surface area (Å²) in [5, 5.41) is 3.10. The van der Waals surface area contributed by atoms with E-state index in [2.05, 4.69) is 50.0 Å². The fourth-order valence-electron chi connectivity index (χ4n) is 3.52. The molecule has 4 nitrogen and oxygen atoms in total. The van der Waals surface area contributed by atoms with Crippen LogP contribution < -0.4 is 10.1 Å². The molecular formula is C19H28N2O2. The van der Waals surface area contributed by atoms with E-state index in [1.165, 1.54) is 17.5 Å². The summed E-state index contributed by atoms with van der Waals surface area (Å²) in [6.45, 7) is 11.6. The van der Waals surface area contributed by atoms with Gasteiger partial charge in [0.25, 0.3) is 5.91 Å². The molecule has 1 saturated heterocycles. The van der Waals surface area contributed by atoms with Crippen LogP contribution in [0.5, 0.6) is 5.75 Å². The van der Waals surface area contributed by atoms with Gasteiger partial charge in [-0.3, -0.25) is 4.79 Å². The zero-order valence-electron chi connectivity index (χ0n) is 14.7. The molecule has 0 aromatic heterocycles. The zero-order chi connectivity index (χ0) is 16.6. The van der Waals surface area contributed by atoms with Gasteiger partial charge in [-0.05, 0) is 69.3 Å². The van der Waals surface area contributed by atoms with Crippen molar-refractivity contribution < 1.29 is 9.53 Å². The maximum atomic E-state index is 12.4. The first-order chi connectivity index (χ1) is 10.9. The van der Waals surface area contributed by atoms with E-state index < -0.39 is 0 Å². The van der Waals surface area contributed by atoms with Crippen LogP contribution in [0, 0.1) is 19.8 Å².